The fourth-order valence-electron chi connectivity index (χ4n) is 7.40. The molecule has 0 aromatic carbocycles. The molecule has 3 saturated heterocycles. The number of hydrogen-bond donors (Lipinski definition) is 1. The largest absolute Gasteiger partial charge is 0.463 e. The highest BCUT2D eigenvalue weighted by Gasteiger charge is 2.51. The van der Waals surface area contributed by atoms with E-state index in [1.54, 1.807) is 27.9 Å². The molecule has 43 heavy (non-hydrogen) atoms. The molecule has 0 unspecified atom stereocenters. The molecule has 10 heteroatoms. The predicted molar refractivity (Wildman–Crippen MR) is 167 cm³/mol. The Morgan fingerprint density at radius 1 is 1.09 bits per heavy atom. The second-order valence-corrected chi connectivity index (χ2v) is 15.1. The first-order chi connectivity index (χ1) is 19.9. The Morgan fingerprint density at radius 3 is 2.28 bits per heavy atom. The van der Waals surface area contributed by atoms with Gasteiger partial charge >= 0.3 is 5.97 Å². The zero-order valence-electron chi connectivity index (χ0n) is 29.0. The maximum atomic E-state index is 14.2. The van der Waals surface area contributed by atoms with Crippen LogP contribution in [0.25, 0.3) is 0 Å². The van der Waals surface area contributed by atoms with Crippen LogP contribution in [-0.2, 0) is 28.5 Å². The van der Waals surface area contributed by atoms with Crippen molar-refractivity contribution in [2.24, 2.45) is 23.2 Å². The van der Waals surface area contributed by atoms with Crippen LogP contribution >= 0.6 is 0 Å². The second-order valence-electron chi connectivity index (χ2n) is 15.1. The molecule has 3 aliphatic heterocycles. The van der Waals surface area contributed by atoms with Gasteiger partial charge in [0.2, 0.25) is 0 Å². The third-order valence-electron chi connectivity index (χ3n) is 10.3. The van der Waals surface area contributed by atoms with Gasteiger partial charge in [0.15, 0.2) is 12.1 Å². The van der Waals surface area contributed by atoms with Gasteiger partial charge in [-0.3, -0.25) is 14.5 Å². The van der Waals surface area contributed by atoms with Crippen LogP contribution in [0.15, 0.2) is 0 Å². The number of aliphatic hydroxyl groups is 1. The monoisotopic (exact) mass is 611 g/mol. The molecule has 1 N–H and O–H groups in total. The number of carbonyl (C=O) groups is 2. The van der Waals surface area contributed by atoms with Gasteiger partial charge in [0.25, 0.3) is 0 Å². The van der Waals surface area contributed by atoms with Crippen LogP contribution in [0.1, 0.15) is 74.7 Å². The fraction of sp³-hybridized carbons (Fsp3) is 0.939. The maximum absolute atomic E-state index is 14.2. The van der Waals surface area contributed by atoms with Gasteiger partial charge in [-0.15, -0.1) is 0 Å². The summed E-state index contributed by atoms with van der Waals surface area (Å²) in [4.78, 5) is 34.4. The molecule has 0 radical (unpaired) electrons. The number of cyclic esters (lactones) is 1. The van der Waals surface area contributed by atoms with Gasteiger partial charge in [0.05, 0.1) is 17.8 Å². The highest BCUT2D eigenvalue weighted by atomic mass is 16.7. The highest BCUT2D eigenvalue weighted by Crippen LogP contribution is 2.38. The molecule has 0 saturated carbocycles. The minimum absolute atomic E-state index is 0.0471. The number of ketones is 1. The van der Waals surface area contributed by atoms with Crippen molar-refractivity contribution in [3.63, 3.8) is 0 Å². The molecule has 0 aliphatic carbocycles. The first-order valence-corrected chi connectivity index (χ1v) is 16.3. The number of carbonyl (C=O) groups excluding carboxylic acids is 2. The smallest absolute Gasteiger partial charge is 0.319 e. The van der Waals surface area contributed by atoms with E-state index in [2.05, 4.69) is 37.6 Å². The molecule has 3 rings (SSSR count). The van der Waals surface area contributed by atoms with Crippen molar-refractivity contribution < 1.29 is 33.6 Å². The lowest BCUT2D eigenvalue weighted by molar-refractivity contribution is -0.295. The van der Waals surface area contributed by atoms with E-state index < -0.39 is 41.4 Å². The van der Waals surface area contributed by atoms with Crippen molar-refractivity contribution in [3.05, 3.63) is 0 Å². The summed E-state index contributed by atoms with van der Waals surface area (Å²) < 4.78 is 24.9. The molecule has 250 valence electrons. The average molecular weight is 612 g/mol. The second kappa shape index (κ2) is 14.5. The average Bonchev–Trinajstić information content (AvgIpc) is 2.89. The lowest BCUT2D eigenvalue weighted by Crippen LogP contribution is -2.59. The summed E-state index contributed by atoms with van der Waals surface area (Å²) in [6.45, 7) is 18.7. The van der Waals surface area contributed by atoms with Crippen molar-refractivity contribution in [3.8, 4) is 0 Å². The Labute approximate surface area is 260 Å². The summed E-state index contributed by atoms with van der Waals surface area (Å²) >= 11 is 0. The van der Waals surface area contributed by atoms with Gasteiger partial charge < -0.3 is 33.9 Å². The van der Waals surface area contributed by atoms with Crippen LogP contribution in [0, 0.1) is 23.2 Å². The lowest BCUT2D eigenvalue weighted by Gasteiger charge is -2.47. The maximum Gasteiger partial charge on any atom is 0.319 e. The molecule has 9 atom stereocenters. The van der Waals surface area contributed by atoms with Gasteiger partial charge in [0.1, 0.15) is 18.1 Å². The topological polar surface area (TPSA) is 101 Å². The number of likely N-dealkylation sites (N-methyl/N-ethyl adjacent to an activating group) is 2. The van der Waals surface area contributed by atoms with E-state index in [1.807, 2.05) is 32.8 Å². The van der Waals surface area contributed by atoms with Crippen molar-refractivity contribution in [1.29, 1.82) is 0 Å². The van der Waals surface area contributed by atoms with E-state index in [4.69, 9.17) is 18.9 Å². The zero-order valence-corrected chi connectivity index (χ0v) is 29.0. The molecule has 3 heterocycles. The van der Waals surface area contributed by atoms with E-state index in [-0.39, 0.29) is 36.5 Å². The molecule has 10 nitrogen and oxygen atoms in total. The first-order valence-electron chi connectivity index (χ1n) is 16.3. The van der Waals surface area contributed by atoms with Crippen LogP contribution in [-0.4, -0.2) is 134 Å². The Bertz CT molecular complexity index is 939. The van der Waals surface area contributed by atoms with Crippen molar-refractivity contribution in [2.75, 3.05) is 54.5 Å². The van der Waals surface area contributed by atoms with E-state index in [0.717, 1.165) is 26.1 Å². The van der Waals surface area contributed by atoms with Crippen LogP contribution in [0.3, 0.4) is 0 Å². The Kier molecular flexibility index (Phi) is 12.3. The summed E-state index contributed by atoms with van der Waals surface area (Å²) in [5, 5.41) is 11.3. The minimum Gasteiger partial charge on any atom is -0.463 e. The summed E-state index contributed by atoms with van der Waals surface area (Å²) in [5.74, 6) is -0.824. The number of methoxy groups -OCH3 is 1. The third kappa shape index (κ3) is 8.37. The molecule has 3 fully saturated rings. The zero-order chi connectivity index (χ0) is 32.4. The first kappa shape index (κ1) is 36.3. The van der Waals surface area contributed by atoms with Crippen molar-refractivity contribution in [1.82, 2.24) is 14.7 Å². The van der Waals surface area contributed by atoms with Crippen LogP contribution in [0.4, 0.5) is 0 Å². The lowest BCUT2D eigenvalue weighted by atomic mass is 9.74. The van der Waals surface area contributed by atoms with E-state index >= 15 is 0 Å². The van der Waals surface area contributed by atoms with Crippen LogP contribution in [0.5, 0.6) is 0 Å². The molecule has 0 aromatic heterocycles. The normalized spacial score (nSPS) is 39.6. The van der Waals surface area contributed by atoms with E-state index in [1.165, 1.54) is 0 Å². The summed E-state index contributed by atoms with van der Waals surface area (Å²) in [6, 6.07) is 0.410. The van der Waals surface area contributed by atoms with Gasteiger partial charge in [0, 0.05) is 50.8 Å². The highest BCUT2D eigenvalue weighted by molar-refractivity contribution is 6.04. The number of likely N-dealkylation sites (tertiary alicyclic amines) is 1. The van der Waals surface area contributed by atoms with Gasteiger partial charge in [-0.05, 0) is 93.8 Å². The molecule has 0 bridgehead atoms. The van der Waals surface area contributed by atoms with Gasteiger partial charge in [-0.25, -0.2) is 0 Å². The Morgan fingerprint density at radius 2 is 1.72 bits per heavy atom. The summed E-state index contributed by atoms with van der Waals surface area (Å²) in [6.07, 6.45) is -0.598. The predicted octanol–water partition coefficient (Wildman–Crippen LogP) is 3.05. The Balaban J connectivity index is 1.93. The SMILES string of the molecule is CO[C@]1(C)C[C@@H](C)CN(C)[C@H](CC2CN(C(C)C)C2)COC(=O)C(C)(C)C(=O)[C@H](C)[C@H]1O[C@@H]1O[C@H](C)C[C@H](N(C)C)[C@H]1O. The number of rotatable bonds is 7. The Hall–Kier alpha value is -1.14. The summed E-state index contributed by atoms with van der Waals surface area (Å²) in [7, 11) is 7.60. The number of nitrogens with zero attached hydrogens (tertiary/aromatic N) is 3. The number of ether oxygens (including phenoxy) is 4. The van der Waals surface area contributed by atoms with Gasteiger partial charge in [-0.2, -0.15) is 0 Å². The quantitative estimate of drug-likeness (QED) is 0.342. The summed E-state index contributed by atoms with van der Waals surface area (Å²) in [5.41, 5.74) is -2.29. The molecule has 0 amide bonds. The standard InChI is InChI=1S/C33H61N3O7/c1-20(2)36-17-24(18-36)14-25-19-41-31(39)32(6,7)28(38)23(5)29(33(8,40-12)15-21(3)16-35(25)11)43-30-27(37)26(34(9)10)13-22(4)42-30/h20-27,29-30,37H,13-19H2,1-12H3/t21-,22-,23+,25-,26+,27-,29-,30+,33-/m1/s1. The fourth-order valence-corrected chi connectivity index (χ4v) is 7.40. The molecule has 0 spiro atoms. The number of esters is 1. The van der Waals surface area contributed by atoms with Crippen LogP contribution in [0.2, 0.25) is 0 Å². The van der Waals surface area contributed by atoms with Crippen LogP contribution < -0.4 is 0 Å². The minimum atomic E-state index is -1.39. The molecular weight excluding hydrogens is 550 g/mol. The molecule has 3 aliphatic rings. The number of hydrogen-bond acceptors (Lipinski definition) is 10. The molecule has 0 aromatic rings. The van der Waals surface area contributed by atoms with Crippen molar-refractivity contribution >= 4 is 11.8 Å². The number of Topliss-reactive ketones (excluding diaryl/α,β-unsaturated/α-hetero) is 1. The third-order valence-corrected chi connectivity index (χ3v) is 10.3. The van der Waals surface area contributed by atoms with Gasteiger partial charge in [-0.1, -0.05) is 13.8 Å². The van der Waals surface area contributed by atoms with E-state index in [9.17, 15) is 14.7 Å². The molecular formula is C33H61N3O7. The van der Waals surface area contributed by atoms with E-state index in [0.29, 0.717) is 24.8 Å². The number of aliphatic hydroxyl groups excluding tert-OH is 1. The van der Waals surface area contributed by atoms with Crippen molar-refractivity contribution in [2.45, 2.75) is 123 Å².